The second-order valence-corrected chi connectivity index (χ2v) is 5.11. The third-order valence-corrected chi connectivity index (χ3v) is 2.13. The Hall–Kier alpha value is -0.870. The Labute approximate surface area is 97.4 Å². The van der Waals surface area contributed by atoms with Crippen LogP contribution in [0.25, 0.3) is 0 Å². The lowest BCUT2D eigenvalue weighted by molar-refractivity contribution is -0.121. The molecule has 0 saturated heterocycles. The Morgan fingerprint density at radius 3 is 2.81 bits per heavy atom. The lowest BCUT2D eigenvalue weighted by Gasteiger charge is -2.21. The minimum atomic E-state index is -0.161. The van der Waals surface area contributed by atoms with Crippen LogP contribution in [0, 0.1) is 0 Å². The van der Waals surface area contributed by atoms with Crippen molar-refractivity contribution in [3.05, 3.63) is 11.6 Å². The first-order valence-electron chi connectivity index (χ1n) is 5.75. The zero-order chi connectivity index (χ0) is 12.0. The van der Waals surface area contributed by atoms with Crippen LogP contribution in [-0.4, -0.2) is 37.7 Å². The largest absolute Gasteiger partial charge is 0.377 e. The van der Waals surface area contributed by atoms with Gasteiger partial charge in [-0.3, -0.25) is 4.79 Å². The molecular formula is C12H22N2O2. The van der Waals surface area contributed by atoms with E-state index >= 15 is 0 Å². The molecule has 0 radical (unpaired) electrons. The van der Waals surface area contributed by atoms with Gasteiger partial charge in [0.2, 0.25) is 5.91 Å². The molecule has 0 spiro atoms. The smallest absolute Gasteiger partial charge is 0.234 e. The summed E-state index contributed by atoms with van der Waals surface area (Å²) in [6.45, 7) is 8.52. The van der Waals surface area contributed by atoms with Crippen molar-refractivity contribution in [2.24, 2.45) is 0 Å². The van der Waals surface area contributed by atoms with Crippen LogP contribution in [0.2, 0.25) is 0 Å². The van der Waals surface area contributed by atoms with Crippen molar-refractivity contribution in [2.75, 3.05) is 26.3 Å². The lowest BCUT2D eigenvalue weighted by atomic mass is 10.1. The maximum absolute atomic E-state index is 11.5. The Kier molecular flexibility index (Phi) is 4.96. The molecule has 4 nitrogen and oxygen atoms in total. The van der Waals surface area contributed by atoms with Crippen molar-refractivity contribution < 1.29 is 9.53 Å². The average Bonchev–Trinajstić information content (AvgIpc) is 2.16. The van der Waals surface area contributed by atoms with Crippen LogP contribution in [0.5, 0.6) is 0 Å². The van der Waals surface area contributed by atoms with Crippen molar-refractivity contribution in [3.8, 4) is 0 Å². The predicted octanol–water partition coefficient (Wildman–Crippen LogP) is 0.837. The lowest BCUT2D eigenvalue weighted by Crippen LogP contribution is -2.45. The summed E-state index contributed by atoms with van der Waals surface area (Å²) in [5.41, 5.74) is 1.07. The fourth-order valence-corrected chi connectivity index (χ4v) is 1.53. The first kappa shape index (κ1) is 13.2. The molecule has 4 heteroatoms. The second kappa shape index (κ2) is 6.01. The maximum atomic E-state index is 11.5. The molecule has 0 bridgehead atoms. The van der Waals surface area contributed by atoms with Crippen LogP contribution >= 0.6 is 0 Å². The standard InChI is InChI=1S/C12H22N2O2/c1-12(2,3)14-11(15)8-13-7-10-5-4-6-16-9-10/h5,13H,4,6-9H2,1-3H3,(H,14,15). The molecule has 0 aromatic heterocycles. The summed E-state index contributed by atoms with van der Waals surface area (Å²) in [7, 11) is 0. The van der Waals surface area contributed by atoms with Gasteiger partial charge in [0.25, 0.3) is 0 Å². The fourth-order valence-electron chi connectivity index (χ4n) is 1.53. The minimum Gasteiger partial charge on any atom is -0.377 e. The summed E-state index contributed by atoms with van der Waals surface area (Å²) in [6.07, 6.45) is 3.16. The van der Waals surface area contributed by atoms with E-state index in [-0.39, 0.29) is 11.4 Å². The molecule has 1 heterocycles. The van der Waals surface area contributed by atoms with Crippen molar-refractivity contribution in [1.82, 2.24) is 10.6 Å². The molecule has 2 N–H and O–H groups in total. The molecule has 0 atom stereocenters. The molecule has 1 amide bonds. The van der Waals surface area contributed by atoms with Gasteiger partial charge in [-0.25, -0.2) is 0 Å². The highest BCUT2D eigenvalue weighted by atomic mass is 16.5. The number of rotatable bonds is 4. The van der Waals surface area contributed by atoms with E-state index in [4.69, 9.17) is 4.74 Å². The van der Waals surface area contributed by atoms with Crippen molar-refractivity contribution in [3.63, 3.8) is 0 Å². The highest BCUT2D eigenvalue weighted by Crippen LogP contribution is 2.03. The van der Waals surface area contributed by atoms with Crippen LogP contribution in [-0.2, 0) is 9.53 Å². The van der Waals surface area contributed by atoms with Crippen LogP contribution in [0.4, 0.5) is 0 Å². The molecule has 92 valence electrons. The Morgan fingerprint density at radius 1 is 1.50 bits per heavy atom. The number of carbonyl (C=O) groups is 1. The summed E-state index contributed by atoms with van der Waals surface area (Å²) in [6, 6.07) is 0. The Balaban J connectivity index is 2.15. The van der Waals surface area contributed by atoms with Gasteiger partial charge in [-0.05, 0) is 32.8 Å². The molecule has 0 saturated carbocycles. The van der Waals surface area contributed by atoms with E-state index in [1.165, 1.54) is 5.57 Å². The number of ether oxygens (including phenoxy) is 1. The van der Waals surface area contributed by atoms with Gasteiger partial charge in [-0.1, -0.05) is 6.08 Å². The van der Waals surface area contributed by atoms with Gasteiger partial charge < -0.3 is 15.4 Å². The van der Waals surface area contributed by atoms with E-state index in [1.807, 2.05) is 20.8 Å². The topological polar surface area (TPSA) is 50.4 Å². The Morgan fingerprint density at radius 2 is 2.25 bits per heavy atom. The molecule has 16 heavy (non-hydrogen) atoms. The van der Waals surface area contributed by atoms with Crippen LogP contribution < -0.4 is 10.6 Å². The van der Waals surface area contributed by atoms with Gasteiger partial charge in [0.05, 0.1) is 19.8 Å². The van der Waals surface area contributed by atoms with Crippen LogP contribution in [0.3, 0.4) is 0 Å². The molecular weight excluding hydrogens is 204 g/mol. The van der Waals surface area contributed by atoms with E-state index in [0.29, 0.717) is 13.2 Å². The SMILES string of the molecule is CC(C)(C)NC(=O)CNCC1=CCCOC1. The van der Waals surface area contributed by atoms with Crippen molar-refractivity contribution in [2.45, 2.75) is 32.7 Å². The highest BCUT2D eigenvalue weighted by Gasteiger charge is 2.13. The number of nitrogens with one attached hydrogen (secondary N) is 2. The number of hydrogen-bond donors (Lipinski definition) is 2. The minimum absolute atomic E-state index is 0.0322. The van der Waals surface area contributed by atoms with E-state index in [2.05, 4.69) is 16.7 Å². The molecule has 0 fully saturated rings. The van der Waals surface area contributed by atoms with Crippen LogP contribution in [0.1, 0.15) is 27.2 Å². The van der Waals surface area contributed by atoms with Crippen molar-refractivity contribution >= 4 is 5.91 Å². The third-order valence-electron chi connectivity index (χ3n) is 2.13. The van der Waals surface area contributed by atoms with E-state index < -0.39 is 0 Å². The van der Waals surface area contributed by atoms with E-state index in [0.717, 1.165) is 19.6 Å². The first-order valence-corrected chi connectivity index (χ1v) is 5.75. The second-order valence-electron chi connectivity index (χ2n) is 5.11. The molecule has 1 aliphatic rings. The number of amides is 1. The zero-order valence-corrected chi connectivity index (χ0v) is 10.4. The van der Waals surface area contributed by atoms with E-state index in [1.54, 1.807) is 0 Å². The highest BCUT2D eigenvalue weighted by molar-refractivity contribution is 5.78. The summed E-state index contributed by atoms with van der Waals surface area (Å²) in [4.78, 5) is 11.5. The summed E-state index contributed by atoms with van der Waals surface area (Å²) in [5.74, 6) is 0.0322. The van der Waals surface area contributed by atoms with Gasteiger partial charge in [0.15, 0.2) is 0 Å². The van der Waals surface area contributed by atoms with Gasteiger partial charge in [0, 0.05) is 12.1 Å². The van der Waals surface area contributed by atoms with Gasteiger partial charge >= 0.3 is 0 Å². The number of carbonyl (C=O) groups excluding carboxylic acids is 1. The molecule has 1 aliphatic heterocycles. The molecule has 1 rings (SSSR count). The molecule has 0 aromatic carbocycles. The summed E-state index contributed by atoms with van der Waals surface area (Å²) in [5, 5.41) is 6.02. The maximum Gasteiger partial charge on any atom is 0.234 e. The quantitative estimate of drug-likeness (QED) is 0.698. The number of hydrogen-bond acceptors (Lipinski definition) is 3. The van der Waals surface area contributed by atoms with E-state index in [9.17, 15) is 4.79 Å². The molecule has 0 aromatic rings. The third kappa shape index (κ3) is 5.88. The van der Waals surface area contributed by atoms with Crippen LogP contribution in [0.15, 0.2) is 11.6 Å². The fraction of sp³-hybridized carbons (Fsp3) is 0.750. The average molecular weight is 226 g/mol. The van der Waals surface area contributed by atoms with Gasteiger partial charge in [-0.2, -0.15) is 0 Å². The summed E-state index contributed by atoms with van der Waals surface area (Å²) < 4.78 is 5.31. The van der Waals surface area contributed by atoms with Gasteiger partial charge in [-0.15, -0.1) is 0 Å². The normalized spacial score (nSPS) is 16.8. The monoisotopic (exact) mass is 226 g/mol. The molecule has 0 unspecified atom stereocenters. The van der Waals surface area contributed by atoms with Crippen molar-refractivity contribution in [1.29, 1.82) is 0 Å². The van der Waals surface area contributed by atoms with Gasteiger partial charge in [0.1, 0.15) is 0 Å². The predicted molar refractivity (Wildman–Crippen MR) is 64.3 cm³/mol. The summed E-state index contributed by atoms with van der Waals surface area (Å²) >= 11 is 0. The Bertz CT molecular complexity index is 267. The zero-order valence-electron chi connectivity index (χ0n) is 10.4. The first-order chi connectivity index (χ1) is 7.47. The molecule has 0 aliphatic carbocycles.